The van der Waals surface area contributed by atoms with E-state index >= 15 is 0 Å². The Bertz CT molecular complexity index is 193. The van der Waals surface area contributed by atoms with Crippen LogP contribution in [-0.4, -0.2) is 26.0 Å². The van der Waals surface area contributed by atoms with E-state index in [4.69, 9.17) is 0 Å². The number of allylic oxidation sites excluding steroid dienone is 1. The molecule has 0 atom stereocenters. The summed E-state index contributed by atoms with van der Waals surface area (Å²) in [7, 11) is 0. The molecule has 0 saturated carbocycles. The fraction of sp³-hybridized carbons (Fsp3) is 0. The summed E-state index contributed by atoms with van der Waals surface area (Å²) in [6.07, 6.45) is 5.97. The Balaban J connectivity index is 2.39. The molecule has 2 aliphatic heterocycles. The average Bonchev–Trinajstić information content (AvgIpc) is 2.15. The second kappa shape index (κ2) is 1.61. The van der Waals surface area contributed by atoms with Gasteiger partial charge in [-0.1, -0.05) is 0 Å². The molecule has 2 rings (SSSR count). The third-order valence-corrected chi connectivity index (χ3v) is 5.18. The zero-order chi connectivity index (χ0) is 5.40. The molecular formula is C5H5N2Te. The molecule has 2 heterocycles. The maximum absolute atomic E-state index is 4.30. The summed E-state index contributed by atoms with van der Waals surface area (Å²) in [6.45, 7) is 0. The standard InChI is InChI=1S/C5H5N2Te/c1-2-7-8-4-3-6-5(1)8/h1-4,6H. The van der Waals surface area contributed by atoms with Gasteiger partial charge in [0.2, 0.25) is 0 Å². The van der Waals surface area contributed by atoms with E-state index in [-0.39, 0.29) is 0 Å². The monoisotopic (exact) mass is 223 g/mol. The van der Waals surface area contributed by atoms with Crippen molar-refractivity contribution in [2.75, 3.05) is 0 Å². The normalized spacial score (nSPS) is 23.2. The van der Waals surface area contributed by atoms with Crippen LogP contribution in [0.1, 0.15) is 0 Å². The van der Waals surface area contributed by atoms with Crippen LogP contribution in [0.15, 0.2) is 23.4 Å². The maximum atomic E-state index is 4.30. The van der Waals surface area contributed by atoms with Crippen molar-refractivity contribution in [2.24, 2.45) is 3.24 Å². The van der Waals surface area contributed by atoms with Gasteiger partial charge in [-0.05, 0) is 0 Å². The first-order chi connectivity index (χ1) is 3.97. The van der Waals surface area contributed by atoms with Gasteiger partial charge in [-0.15, -0.1) is 0 Å². The van der Waals surface area contributed by atoms with Crippen LogP contribution < -0.4 is 5.32 Å². The van der Waals surface area contributed by atoms with Crippen molar-refractivity contribution in [3.8, 4) is 0 Å². The Kier molecular flexibility index (Phi) is 0.927. The number of nitrogens with one attached hydrogen (secondary N) is 1. The van der Waals surface area contributed by atoms with Gasteiger partial charge in [0.15, 0.2) is 0 Å². The van der Waals surface area contributed by atoms with Crippen LogP contribution in [0.25, 0.3) is 0 Å². The number of rotatable bonds is 0. The first-order valence-electron chi connectivity index (χ1n) is 2.37. The molecule has 0 aromatic heterocycles. The van der Waals surface area contributed by atoms with Gasteiger partial charge in [-0.3, -0.25) is 0 Å². The van der Waals surface area contributed by atoms with Crippen LogP contribution in [0.4, 0.5) is 0 Å². The molecular weight excluding hydrogens is 216 g/mol. The van der Waals surface area contributed by atoms with Crippen LogP contribution in [0.3, 0.4) is 0 Å². The Morgan fingerprint density at radius 3 is 3.50 bits per heavy atom. The number of hydrogen-bond acceptors (Lipinski definition) is 2. The predicted octanol–water partition coefficient (Wildman–Crippen LogP) is 0.141. The minimum absolute atomic E-state index is 1.18. The van der Waals surface area contributed by atoms with E-state index in [1.54, 1.807) is 0 Å². The molecule has 0 spiro atoms. The molecule has 0 aromatic carbocycles. The summed E-state index contributed by atoms with van der Waals surface area (Å²) in [5.74, 6) is 0. The van der Waals surface area contributed by atoms with Gasteiger partial charge in [0.25, 0.3) is 0 Å². The SMILES string of the molecule is C1=C[Te]2N=CC=C2N1. The van der Waals surface area contributed by atoms with Crippen LogP contribution >= 0.6 is 0 Å². The topological polar surface area (TPSA) is 24.4 Å². The Morgan fingerprint density at radius 2 is 2.62 bits per heavy atom. The molecule has 2 aliphatic rings. The van der Waals surface area contributed by atoms with Gasteiger partial charge in [0.05, 0.1) is 0 Å². The van der Waals surface area contributed by atoms with Gasteiger partial charge >= 0.3 is 54.7 Å². The zero-order valence-corrected chi connectivity index (χ0v) is 6.50. The molecule has 0 aromatic rings. The molecule has 0 aliphatic carbocycles. The quantitative estimate of drug-likeness (QED) is 0.578. The summed E-state index contributed by atoms with van der Waals surface area (Å²) in [4.78, 5) is 0. The molecule has 1 radical (unpaired) electrons. The van der Waals surface area contributed by atoms with E-state index < -0.39 is 19.8 Å². The van der Waals surface area contributed by atoms with E-state index in [2.05, 4.69) is 18.8 Å². The third kappa shape index (κ3) is 0.520. The summed E-state index contributed by atoms with van der Waals surface area (Å²) in [6, 6.07) is 0. The summed E-state index contributed by atoms with van der Waals surface area (Å²) < 4.78 is 7.88. The van der Waals surface area contributed by atoms with Crippen molar-refractivity contribution < 1.29 is 0 Å². The Labute approximate surface area is 55.0 Å². The first-order valence-corrected chi connectivity index (χ1v) is 5.93. The molecule has 2 nitrogen and oxygen atoms in total. The average molecular weight is 221 g/mol. The molecule has 0 bridgehead atoms. The van der Waals surface area contributed by atoms with Gasteiger partial charge in [-0.25, -0.2) is 0 Å². The summed E-state index contributed by atoms with van der Waals surface area (Å²) in [5, 5.41) is 3.15. The van der Waals surface area contributed by atoms with E-state index in [0.717, 1.165) is 0 Å². The van der Waals surface area contributed by atoms with E-state index in [9.17, 15) is 0 Å². The van der Waals surface area contributed by atoms with Crippen LogP contribution in [0.2, 0.25) is 0 Å². The molecule has 0 saturated heterocycles. The van der Waals surface area contributed by atoms with Gasteiger partial charge in [0.1, 0.15) is 0 Å². The number of fused-ring (bicyclic) bond motifs is 1. The Hall–Kier alpha value is -0.260. The molecule has 8 heavy (non-hydrogen) atoms. The zero-order valence-electron chi connectivity index (χ0n) is 4.16. The second-order valence-corrected chi connectivity index (χ2v) is 5.98. The fourth-order valence-corrected chi connectivity index (χ4v) is 3.85. The molecule has 41 valence electrons. The number of hydrogen-bond donors (Lipinski definition) is 1. The van der Waals surface area contributed by atoms with Gasteiger partial charge < -0.3 is 0 Å². The van der Waals surface area contributed by atoms with Crippen LogP contribution in [-0.2, 0) is 0 Å². The van der Waals surface area contributed by atoms with Gasteiger partial charge in [0, 0.05) is 0 Å². The van der Waals surface area contributed by atoms with Crippen LogP contribution in [0, 0.1) is 0 Å². The van der Waals surface area contributed by atoms with Crippen molar-refractivity contribution in [1.29, 1.82) is 0 Å². The predicted molar refractivity (Wildman–Crippen MR) is 34.6 cm³/mol. The molecule has 1 N–H and O–H groups in total. The van der Waals surface area contributed by atoms with Crippen molar-refractivity contribution in [3.63, 3.8) is 0 Å². The molecule has 0 amide bonds. The minimum atomic E-state index is -1.18. The molecule has 0 unspecified atom stereocenters. The van der Waals surface area contributed by atoms with Crippen molar-refractivity contribution in [2.45, 2.75) is 0 Å². The summed E-state index contributed by atoms with van der Waals surface area (Å²) >= 11 is -1.18. The number of nitrogens with zero attached hydrogens (tertiary/aromatic N) is 1. The van der Waals surface area contributed by atoms with E-state index in [0.29, 0.717) is 0 Å². The van der Waals surface area contributed by atoms with E-state index in [1.165, 1.54) is 3.74 Å². The van der Waals surface area contributed by atoms with Crippen molar-refractivity contribution >= 4 is 26.0 Å². The Morgan fingerprint density at radius 1 is 1.62 bits per heavy atom. The first kappa shape index (κ1) is 4.60. The molecule has 0 fully saturated rings. The van der Waals surface area contributed by atoms with Crippen LogP contribution in [0.5, 0.6) is 0 Å². The third-order valence-electron chi connectivity index (χ3n) is 1.05. The van der Waals surface area contributed by atoms with Crippen molar-refractivity contribution in [3.05, 3.63) is 20.1 Å². The summed E-state index contributed by atoms with van der Waals surface area (Å²) in [5.41, 5.74) is 0. The second-order valence-electron chi connectivity index (χ2n) is 1.55. The van der Waals surface area contributed by atoms with Crippen molar-refractivity contribution in [1.82, 2.24) is 5.32 Å². The fourth-order valence-electron chi connectivity index (χ4n) is 0.688. The molecule has 3 heteroatoms. The van der Waals surface area contributed by atoms with Gasteiger partial charge in [-0.2, -0.15) is 0 Å². The van der Waals surface area contributed by atoms with E-state index in [1.807, 2.05) is 12.4 Å².